The van der Waals surface area contributed by atoms with Crippen molar-refractivity contribution in [3.05, 3.63) is 24.3 Å². The van der Waals surface area contributed by atoms with Gasteiger partial charge in [0.15, 0.2) is 0 Å². The molecule has 6 aliphatic carbocycles. The maximum Gasteiger partial charge on any atom is 0.597 e. The van der Waals surface area contributed by atoms with Crippen molar-refractivity contribution in [1.29, 1.82) is 0 Å². The molecule has 8 atom stereocenters. The average molecular weight is 1130 g/mol. The van der Waals surface area contributed by atoms with Gasteiger partial charge in [0.05, 0.1) is 47.8 Å². The average Bonchev–Trinajstić information content (AvgIpc) is 4.24. The Hall–Kier alpha value is -1.21. The lowest BCUT2D eigenvalue weighted by Crippen LogP contribution is -2.65. The van der Waals surface area contributed by atoms with Crippen molar-refractivity contribution in [3.8, 4) is 11.5 Å². The lowest BCUT2D eigenvalue weighted by molar-refractivity contribution is -0.199. The van der Waals surface area contributed by atoms with E-state index in [1.165, 1.54) is 25.7 Å². The number of rotatable bonds is 7. The maximum absolute atomic E-state index is 8.19. The van der Waals surface area contributed by atoms with E-state index in [0.717, 1.165) is 49.8 Å². The molecule has 0 radical (unpaired) electrons. The van der Waals surface area contributed by atoms with Crippen molar-refractivity contribution in [2.75, 3.05) is 26.4 Å². The monoisotopic (exact) mass is 1130 g/mol. The summed E-state index contributed by atoms with van der Waals surface area (Å²) in [7, 11) is -1.18. The van der Waals surface area contributed by atoms with E-state index in [0.29, 0.717) is 69.8 Å². The van der Waals surface area contributed by atoms with E-state index in [4.69, 9.17) is 65.9 Å². The van der Waals surface area contributed by atoms with Crippen LogP contribution < -0.4 is 9.31 Å². The van der Waals surface area contributed by atoms with E-state index in [2.05, 4.69) is 166 Å². The zero-order valence-electron chi connectivity index (χ0n) is 55.8. The molecule has 21 heteroatoms. The van der Waals surface area contributed by atoms with Crippen LogP contribution in [0.1, 0.15) is 206 Å². The maximum atomic E-state index is 8.19. The first-order valence-corrected chi connectivity index (χ1v) is 31.5. The molecule has 6 aliphatic heterocycles. The molecule has 1 aromatic rings. The molecule has 0 aromatic heterocycles. The summed E-state index contributed by atoms with van der Waals surface area (Å²) in [5.74, 6) is 7.45. The molecule has 0 unspecified atom stereocenters. The SMILES string of the molecule is CC(C)B(O)O.CC(C)B1OC(C)(C)C(C)(C)O1.CC(C)B1OCC(C)(C)CO1.CC(C)B1OCCO1.CC(C)B1O[C@@H]2C[C@@H]3C[C@@H](C3(C)C)[C@]2(C)O1.CC(C)B1O[C@H]2C[C@H]3C[C@H](C3(C)C)[C@@]2(C)O1.CC(C)B1Oc2ccccc2O1. The molecule has 5 saturated heterocycles. The summed E-state index contributed by atoms with van der Waals surface area (Å²) in [6, 6.07) is 7.76. The molecule has 458 valence electrons. The van der Waals surface area contributed by atoms with Gasteiger partial charge in [-0.25, -0.2) is 0 Å². The van der Waals surface area contributed by atoms with Crippen molar-refractivity contribution in [2.24, 2.45) is 39.9 Å². The molecule has 81 heavy (non-hydrogen) atoms. The van der Waals surface area contributed by atoms with Crippen LogP contribution in [-0.4, -0.2) is 121 Å². The van der Waals surface area contributed by atoms with Crippen LogP contribution in [0.3, 0.4) is 0 Å². The predicted octanol–water partition coefficient (Wildman–Crippen LogP) is 13.9. The van der Waals surface area contributed by atoms with Gasteiger partial charge in [0.1, 0.15) is 11.5 Å². The summed E-state index contributed by atoms with van der Waals surface area (Å²) >= 11 is 0. The molecule has 14 nitrogen and oxygen atoms in total. The molecule has 6 heterocycles. The highest BCUT2D eigenvalue weighted by atomic mass is 16.7. The van der Waals surface area contributed by atoms with E-state index in [-0.39, 0.29) is 76.3 Å². The van der Waals surface area contributed by atoms with Gasteiger partial charge in [0, 0.05) is 24.4 Å². The molecule has 6 saturated carbocycles. The van der Waals surface area contributed by atoms with Gasteiger partial charge in [0.25, 0.3) is 0 Å². The highest BCUT2D eigenvalue weighted by Crippen LogP contribution is 2.67. The number of hydrogen-bond donors (Lipinski definition) is 2. The molecule has 13 rings (SSSR count). The molecule has 11 fully saturated rings. The van der Waals surface area contributed by atoms with Crippen molar-refractivity contribution < 1.29 is 65.9 Å². The van der Waals surface area contributed by atoms with E-state index < -0.39 is 7.12 Å². The van der Waals surface area contributed by atoms with Crippen molar-refractivity contribution in [1.82, 2.24) is 0 Å². The second kappa shape index (κ2) is 27.9. The molecule has 12 aliphatic rings. The fraction of sp³-hybridized carbons (Fsp3) is 0.900. The number of benzene rings is 1. The quantitative estimate of drug-likeness (QED) is 0.249. The standard InChI is InChI=1S/2C13H23BO2.C9H11BO2.C9H19BO2.C8H17BO2.C5H11BO2.C3H9BO2/c2*1-8(2)14-15-11-7-9-6-10(12(9,3)4)13(11,5)16-14;1-7(2)10-11-8-5-3-4-6-9(8)12-10;1-7(2)10-11-8(3,4)9(5,6)12-10;1-7(2)9-10-5-8(3,4)6-11-9;1-5(2)6-7-3-4-8-6;1-3(2)4(5)6/h2*8-11H,6-7H2,1-5H3;3-7H,1-2H3;7H,1-6H3;7H,5-6H2,1-4H3;5H,3-4H2,1-2H3;3,5-6H,1-2H3/t2*9-,10-,11+,13-;;;;;/m10...../s1. The molecule has 0 spiro atoms. The number of para-hydroxylation sites is 2. The Morgan fingerprint density at radius 1 is 0.432 bits per heavy atom. The summed E-state index contributed by atoms with van der Waals surface area (Å²) in [6.07, 6.45) is 5.77. The van der Waals surface area contributed by atoms with Crippen LogP contribution in [0.15, 0.2) is 24.3 Å². The minimum Gasteiger partial charge on any atom is -0.523 e. The molecule has 1 aromatic carbocycles. The van der Waals surface area contributed by atoms with E-state index >= 15 is 0 Å². The third-order valence-electron chi connectivity index (χ3n) is 19.3. The second-order valence-corrected chi connectivity index (χ2v) is 30.7. The number of fused-ring (bicyclic) bond motifs is 1. The third kappa shape index (κ3) is 16.9. The molecule has 4 bridgehead atoms. The topological polar surface area (TPSA) is 151 Å². The summed E-state index contributed by atoms with van der Waals surface area (Å²) in [5, 5.41) is 16.4. The normalized spacial score (nSPS) is 31.5. The predicted molar refractivity (Wildman–Crippen MR) is 335 cm³/mol. The van der Waals surface area contributed by atoms with Gasteiger partial charge in [-0.1, -0.05) is 151 Å². The first-order valence-electron chi connectivity index (χ1n) is 31.5. The Bertz CT molecular complexity index is 1970. The minimum absolute atomic E-state index is 0.0167. The van der Waals surface area contributed by atoms with Crippen LogP contribution in [0.4, 0.5) is 0 Å². The first kappa shape index (κ1) is 70.6. The Kier molecular flexibility index (Phi) is 24.3. The Morgan fingerprint density at radius 3 is 1.02 bits per heavy atom. The van der Waals surface area contributed by atoms with Crippen molar-refractivity contribution >= 4 is 49.8 Å². The molecule has 0 amide bonds. The Labute approximate surface area is 496 Å². The van der Waals surface area contributed by atoms with Crippen molar-refractivity contribution in [2.45, 2.75) is 281 Å². The highest BCUT2D eigenvalue weighted by Gasteiger charge is 2.69. The fourth-order valence-electron chi connectivity index (χ4n) is 12.6. The smallest absolute Gasteiger partial charge is 0.523 e. The van der Waals surface area contributed by atoms with Crippen LogP contribution in [0, 0.1) is 39.9 Å². The van der Waals surface area contributed by atoms with E-state index in [9.17, 15) is 0 Å². The molecule has 2 N–H and O–H groups in total. The molecular formula is C60H113B7O14. The summed E-state index contributed by atoms with van der Waals surface area (Å²) in [5.41, 5.74) is 0.719. The summed E-state index contributed by atoms with van der Waals surface area (Å²) in [4.78, 5) is 0. The fourth-order valence-corrected chi connectivity index (χ4v) is 12.6. The summed E-state index contributed by atoms with van der Waals surface area (Å²) < 4.78 is 68.9. The van der Waals surface area contributed by atoms with Gasteiger partial charge in [-0.2, -0.15) is 0 Å². The number of hydrogen-bond acceptors (Lipinski definition) is 14. The second-order valence-electron chi connectivity index (χ2n) is 30.7. The lowest BCUT2D eigenvalue weighted by Gasteiger charge is -2.64. The molecular weight excluding hydrogens is 1020 g/mol. The van der Waals surface area contributed by atoms with Crippen LogP contribution in [0.2, 0.25) is 40.7 Å². The van der Waals surface area contributed by atoms with Gasteiger partial charge in [0.2, 0.25) is 0 Å². The van der Waals surface area contributed by atoms with E-state index in [1.807, 2.05) is 24.3 Å². The van der Waals surface area contributed by atoms with Crippen LogP contribution >= 0.6 is 0 Å². The summed E-state index contributed by atoms with van der Waals surface area (Å²) in [6.45, 7) is 59.0. The lowest BCUT2D eigenvalue weighted by atomic mass is 9.43. The van der Waals surface area contributed by atoms with Crippen LogP contribution in [0.5, 0.6) is 11.5 Å². The first-order chi connectivity index (χ1) is 37.2. The highest BCUT2D eigenvalue weighted by molar-refractivity contribution is 6.49. The Morgan fingerprint density at radius 2 is 0.753 bits per heavy atom. The van der Waals surface area contributed by atoms with Crippen molar-refractivity contribution in [3.63, 3.8) is 0 Å². The van der Waals surface area contributed by atoms with Gasteiger partial charge in [-0.3, -0.25) is 0 Å². The zero-order chi connectivity index (χ0) is 61.2. The van der Waals surface area contributed by atoms with Crippen LogP contribution in [0.25, 0.3) is 0 Å². The minimum atomic E-state index is -1.15. The van der Waals surface area contributed by atoms with Gasteiger partial charge in [-0.05, 0) is 149 Å². The van der Waals surface area contributed by atoms with Gasteiger partial charge >= 0.3 is 49.8 Å². The largest absolute Gasteiger partial charge is 0.597 e. The zero-order valence-corrected chi connectivity index (χ0v) is 55.8. The Balaban J connectivity index is 0.000000177. The van der Waals surface area contributed by atoms with Gasteiger partial charge < -0.3 is 65.9 Å². The van der Waals surface area contributed by atoms with Crippen LogP contribution in [-0.2, 0) is 46.5 Å². The van der Waals surface area contributed by atoms with Gasteiger partial charge in [-0.15, -0.1) is 0 Å². The van der Waals surface area contributed by atoms with E-state index in [1.54, 1.807) is 13.8 Å². The third-order valence-corrected chi connectivity index (χ3v) is 19.3.